The monoisotopic (exact) mass is 341 g/mol. The van der Waals surface area contributed by atoms with Gasteiger partial charge < -0.3 is 14.2 Å². The topological polar surface area (TPSA) is 83.7 Å². The van der Waals surface area contributed by atoms with Crippen molar-refractivity contribution in [1.29, 1.82) is 0 Å². The van der Waals surface area contributed by atoms with Crippen LogP contribution in [0.15, 0.2) is 47.2 Å². The zero-order valence-electron chi connectivity index (χ0n) is 14.1. The van der Waals surface area contributed by atoms with E-state index in [1.807, 2.05) is 19.0 Å². The zero-order valence-corrected chi connectivity index (χ0v) is 14.1. The zero-order chi connectivity index (χ0) is 18.0. The first-order chi connectivity index (χ1) is 12.0. The molecule has 2 aromatic rings. The number of furan rings is 1. The summed E-state index contributed by atoms with van der Waals surface area (Å²) in [6.07, 6.45) is 2.95. The fourth-order valence-electron chi connectivity index (χ4n) is 2.99. The average Bonchev–Trinajstić information content (AvgIpc) is 3.22. The summed E-state index contributed by atoms with van der Waals surface area (Å²) in [6.45, 7) is 0.908. The van der Waals surface area contributed by atoms with E-state index < -0.39 is 29.4 Å². The molecule has 2 aromatic heterocycles. The second kappa shape index (κ2) is 6.98. The number of pyridine rings is 1. The smallest absolute Gasteiger partial charge is 0.291 e. The number of amides is 1. The van der Waals surface area contributed by atoms with Gasteiger partial charge >= 0.3 is 0 Å². The van der Waals surface area contributed by atoms with Crippen LogP contribution < -0.4 is 0 Å². The SMILES string of the molecule is CN(C)CCN1C(=O)C(=O)C(C(=O)c2ccco2)C1c1ccccn1. The maximum absolute atomic E-state index is 12.8. The van der Waals surface area contributed by atoms with Crippen LogP contribution in [0.5, 0.6) is 0 Å². The van der Waals surface area contributed by atoms with Crippen molar-refractivity contribution in [2.45, 2.75) is 6.04 Å². The Bertz CT molecular complexity index is 771. The molecular weight excluding hydrogens is 322 g/mol. The summed E-state index contributed by atoms with van der Waals surface area (Å²) in [6, 6.07) is 7.59. The van der Waals surface area contributed by atoms with Gasteiger partial charge in [-0.15, -0.1) is 0 Å². The molecule has 0 spiro atoms. The normalized spacial score (nSPS) is 20.5. The molecular formula is C18H19N3O4. The van der Waals surface area contributed by atoms with E-state index in [2.05, 4.69) is 4.98 Å². The lowest BCUT2D eigenvalue weighted by Crippen LogP contribution is -2.36. The van der Waals surface area contributed by atoms with Gasteiger partial charge in [-0.05, 0) is 38.4 Å². The molecule has 0 N–H and O–H groups in total. The van der Waals surface area contributed by atoms with Crippen LogP contribution in [0.2, 0.25) is 0 Å². The largest absolute Gasteiger partial charge is 0.461 e. The summed E-state index contributed by atoms with van der Waals surface area (Å²) in [5.41, 5.74) is 0.519. The highest BCUT2D eigenvalue weighted by molar-refractivity contribution is 6.43. The number of nitrogens with zero attached hydrogens (tertiary/aromatic N) is 3. The number of carbonyl (C=O) groups is 3. The highest BCUT2D eigenvalue weighted by atomic mass is 16.3. The van der Waals surface area contributed by atoms with E-state index in [-0.39, 0.29) is 5.76 Å². The van der Waals surface area contributed by atoms with Gasteiger partial charge in [-0.25, -0.2) is 0 Å². The van der Waals surface area contributed by atoms with E-state index in [9.17, 15) is 14.4 Å². The maximum Gasteiger partial charge on any atom is 0.291 e. The van der Waals surface area contributed by atoms with E-state index in [0.29, 0.717) is 18.8 Å². The van der Waals surface area contributed by atoms with Crippen LogP contribution in [0.1, 0.15) is 22.3 Å². The summed E-state index contributed by atoms with van der Waals surface area (Å²) >= 11 is 0. The average molecular weight is 341 g/mol. The molecule has 1 saturated heterocycles. The third-order valence-electron chi connectivity index (χ3n) is 4.23. The van der Waals surface area contributed by atoms with E-state index in [1.165, 1.54) is 17.2 Å². The fourth-order valence-corrected chi connectivity index (χ4v) is 2.99. The van der Waals surface area contributed by atoms with Crippen molar-refractivity contribution in [3.8, 4) is 0 Å². The van der Waals surface area contributed by atoms with Gasteiger partial charge in [0, 0.05) is 19.3 Å². The lowest BCUT2D eigenvalue weighted by Gasteiger charge is -2.27. The Morgan fingerprint density at radius 3 is 2.64 bits per heavy atom. The Hall–Kier alpha value is -2.80. The van der Waals surface area contributed by atoms with Crippen LogP contribution in [-0.4, -0.2) is 59.4 Å². The molecule has 1 aliphatic rings. The van der Waals surface area contributed by atoms with E-state index >= 15 is 0 Å². The summed E-state index contributed by atoms with van der Waals surface area (Å²) < 4.78 is 5.15. The van der Waals surface area contributed by atoms with Crippen LogP contribution in [-0.2, 0) is 9.59 Å². The lowest BCUT2D eigenvalue weighted by atomic mass is 9.90. The summed E-state index contributed by atoms with van der Waals surface area (Å²) in [7, 11) is 3.76. The second-order valence-electron chi connectivity index (χ2n) is 6.18. The van der Waals surface area contributed by atoms with E-state index in [4.69, 9.17) is 4.42 Å². The minimum Gasteiger partial charge on any atom is -0.461 e. The van der Waals surface area contributed by atoms with Crippen molar-refractivity contribution in [1.82, 2.24) is 14.8 Å². The molecule has 7 heteroatoms. The molecule has 130 valence electrons. The highest BCUT2D eigenvalue weighted by Crippen LogP contribution is 2.37. The van der Waals surface area contributed by atoms with Crippen molar-refractivity contribution >= 4 is 17.5 Å². The van der Waals surface area contributed by atoms with Gasteiger partial charge in [0.05, 0.1) is 18.0 Å². The molecule has 25 heavy (non-hydrogen) atoms. The number of hydrogen-bond acceptors (Lipinski definition) is 6. The second-order valence-corrected chi connectivity index (χ2v) is 6.18. The van der Waals surface area contributed by atoms with Crippen LogP contribution in [0.4, 0.5) is 0 Å². The number of ketones is 2. The molecule has 3 heterocycles. The van der Waals surface area contributed by atoms with Crippen molar-refractivity contribution < 1.29 is 18.8 Å². The maximum atomic E-state index is 12.8. The first-order valence-electron chi connectivity index (χ1n) is 7.99. The van der Waals surface area contributed by atoms with Crippen molar-refractivity contribution in [3.63, 3.8) is 0 Å². The van der Waals surface area contributed by atoms with Gasteiger partial charge in [0.25, 0.3) is 5.91 Å². The number of likely N-dealkylation sites (tertiary alicyclic amines) is 1. The van der Waals surface area contributed by atoms with Gasteiger partial charge in [0.15, 0.2) is 5.76 Å². The van der Waals surface area contributed by atoms with Gasteiger partial charge in [-0.1, -0.05) is 6.07 Å². The molecule has 0 radical (unpaired) electrons. The van der Waals surface area contributed by atoms with Gasteiger partial charge in [0.1, 0.15) is 5.92 Å². The van der Waals surface area contributed by atoms with Crippen molar-refractivity contribution in [2.24, 2.45) is 5.92 Å². The predicted octanol–water partition coefficient (Wildman–Crippen LogP) is 1.19. The Morgan fingerprint density at radius 1 is 1.24 bits per heavy atom. The number of aromatic nitrogens is 1. The molecule has 2 unspecified atom stereocenters. The van der Waals surface area contributed by atoms with Gasteiger partial charge in [-0.2, -0.15) is 0 Å². The number of rotatable bonds is 6. The molecule has 1 aliphatic heterocycles. The first-order valence-corrected chi connectivity index (χ1v) is 7.99. The molecule has 7 nitrogen and oxygen atoms in total. The van der Waals surface area contributed by atoms with Gasteiger partial charge in [-0.3, -0.25) is 19.4 Å². The predicted molar refractivity (Wildman–Crippen MR) is 88.8 cm³/mol. The highest BCUT2D eigenvalue weighted by Gasteiger charge is 2.52. The third kappa shape index (κ3) is 3.23. The number of carbonyl (C=O) groups excluding carboxylic acids is 3. The molecule has 0 aliphatic carbocycles. The molecule has 0 aromatic carbocycles. The number of Topliss-reactive ketones (excluding diaryl/α,β-unsaturated/α-hetero) is 2. The Balaban J connectivity index is 2.01. The Kier molecular flexibility index (Phi) is 4.76. The molecule has 1 fully saturated rings. The number of hydrogen-bond donors (Lipinski definition) is 0. The molecule has 1 amide bonds. The number of likely N-dealkylation sites (N-methyl/N-ethyl adjacent to an activating group) is 1. The van der Waals surface area contributed by atoms with Crippen LogP contribution in [0.25, 0.3) is 0 Å². The van der Waals surface area contributed by atoms with Crippen LogP contribution >= 0.6 is 0 Å². The molecule has 3 rings (SSSR count). The van der Waals surface area contributed by atoms with Crippen molar-refractivity contribution in [3.05, 3.63) is 54.2 Å². The Labute approximate surface area is 145 Å². The fraction of sp³-hybridized carbons (Fsp3) is 0.333. The summed E-state index contributed by atoms with van der Waals surface area (Å²) in [5, 5.41) is 0. The minimum atomic E-state index is -1.14. The lowest BCUT2D eigenvalue weighted by molar-refractivity contribution is -0.140. The van der Waals surface area contributed by atoms with Gasteiger partial charge in [0.2, 0.25) is 11.6 Å². The molecule has 0 bridgehead atoms. The Morgan fingerprint density at radius 2 is 2.04 bits per heavy atom. The third-order valence-corrected chi connectivity index (χ3v) is 4.23. The molecule has 2 atom stereocenters. The molecule has 0 saturated carbocycles. The minimum absolute atomic E-state index is 0.0709. The standard InChI is InChI=1S/C18H19N3O4/c1-20(2)9-10-21-15(12-6-3-4-8-19-12)14(17(23)18(21)24)16(22)13-7-5-11-25-13/h3-8,11,14-15H,9-10H2,1-2H3. The van der Waals surface area contributed by atoms with Crippen LogP contribution in [0, 0.1) is 5.92 Å². The van der Waals surface area contributed by atoms with E-state index in [1.54, 1.807) is 30.5 Å². The van der Waals surface area contributed by atoms with Crippen LogP contribution in [0.3, 0.4) is 0 Å². The summed E-state index contributed by atoms with van der Waals surface area (Å²) in [5.74, 6) is -2.93. The van der Waals surface area contributed by atoms with E-state index in [0.717, 1.165) is 0 Å². The quantitative estimate of drug-likeness (QED) is 0.446. The first kappa shape index (κ1) is 17.0. The van der Waals surface area contributed by atoms with Crippen molar-refractivity contribution in [2.75, 3.05) is 27.2 Å². The summed E-state index contributed by atoms with van der Waals surface area (Å²) in [4.78, 5) is 45.5.